The fourth-order valence-electron chi connectivity index (χ4n) is 3.67. The van der Waals surface area contributed by atoms with Crippen molar-refractivity contribution >= 4 is 22.9 Å². The third-order valence-electron chi connectivity index (χ3n) is 5.38. The molecule has 1 aliphatic heterocycles. The average molecular weight is 446 g/mol. The van der Waals surface area contributed by atoms with E-state index in [1.54, 1.807) is 14.2 Å². The van der Waals surface area contributed by atoms with E-state index in [4.69, 9.17) is 19.9 Å². The smallest absolute Gasteiger partial charge is 0.226 e. The molecule has 4 rings (SSSR count). The summed E-state index contributed by atoms with van der Waals surface area (Å²) in [4.78, 5) is 12.9. The van der Waals surface area contributed by atoms with Crippen LogP contribution in [-0.2, 0) is 11.2 Å². The third-order valence-corrected chi connectivity index (χ3v) is 5.38. The molecule has 2 aromatic heterocycles. The van der Waals surface area contributed by atoms with Gasteiger partial charge in [0.2, 0.25) is 5.95 Å². The summed E-state index contributed by atoms with van der Waals surface area (Å²) in [7, 11) is 3.17. The predicted molar refractivity (Wildman–Crippen MR) is 114 cm³/mol. The van der Waals surface area contributed by atoms with Crippen LogP contribution in [0.1, 0.15) is 11.8 Å². The lowest BCUT2D eigenvalue weighted by Gasteiger charge is -2.17. The number of hydrogen-bond donors (Lipinski definition) is 5. The third kappa shape index (κ3) is 4.00. The van der Waals surface area contributed by atoms with Crippen LogP contribution in [0.2, 0.25) is 0 Å². The number of ether oxygens (including phenoxy) is 3. The van der Waals surface area contributed by atoms with Gasteiger partial charge in [-0.3, -0.25) is 4.57 Å². The van der Waals surface area contributed by atoms with Crippen molar-refractivity contribution in [2.75, 3.05) is 38.4 Å². The number of hydrogen-bond acceptors (Lipinski definition) is 11. The summed E-state index contributed by atoms with van der Waals surface area (Å²) in [6.07, 6.45) is -2.31. The lowest BCUT2D eigenvalue weighted by molar-refractivity contribution is -0.0511. The van der Waals surface area contributed by atoms with Crippen molar-refractivity contribution in [3.05, 3.63) is 30.1 Å². The van der Waals surface area contributed by atoms with Crippen LogP contribution in [0.3, 0.4) is 0 Å². The number of methoxy groups -OCH3 is 2. The Kier molecular flexibility index (Phi) is 6.28. The topological polar surface area (TPSA) is 170 Å². The van der Waals surface area contributed by atoms with Gasteiger partial charge in [0.05, 0.1) is 27.2 Å². The molecule has 12 nitrogen and oxygen atoms in total. The molecule has 0 unspecified atom stereocenters. The average Bonchev–Trinajstić information content (AvgIpc) is 3.34. The van der Waals surface area contributed by atoms with Crippen LogP contribution in [-0.4, -0.2) is 80.5 Å². The zero-order chi connectivity index (χ0) is 22.8. The van der Waals surface area contributed by atoms with Gasteiger partial charge in [-0.1, -0.05) is 6.07 Å². The van der Waals surface area contributed by atoms with Crippen molar-refractivity contribution in [3.8, 4) is 11.5 Å². The van der Waals surface area contributed by atoms with E-state index in [0.29, 0.717) is 35.6 Å². The van der Waals surface area contributed by atoms with Gasteiger partial charge in [-0.05, 0) is 24.1 Å². The highest BCUT2D eigenvalue weighted by atomic mass is 16.6. The Morgan fingerprint density at radius 1 is 1.16 bits per heavy atom. The zero-order valence-electron chi connectivity index (χ0n) is 17.7. The van der Waals surface area contributed by atoms with Crippen molar-refractivity contribution in [2.45, 2.75) is 31.0 Å². The minimum absolute atomic E-state index is 0.161. The molecule has 3 aromatic rings. The van der Waals surface area contributed by atoms with Crippen molar-refractivity contribution < 1.29 is 29.5 Å². The maximum atomic E-state index is 10.3. The molecular formula is C20H26N6O6. The normalized spacial score (nSPS) is 22.9. The van der Waals surface area contributed by atoms with Gasteiger partial charge in [0.15, 0.2) is 29.2 Å². The summed E-state index contributed by atoms with van der Waals surface area (Å²) in [5, 5.41) is 32.8. The summed E-state index contributed by atoms with van der Waals surface area (Å²) < 4.78 is 17.6. The fraction of sp³-hybridized carbons (Fsp3) is 0.450. The molecule has 0 aliphatic carbocycles. The number of aliphatic hydroxyl groups is 3. The molecule has 4 atom stereocenters. The van der Waals surface area contributed by atoms with E-state index >= 15 is 0 Å². The number of nitrogens with zero attached hydrogens (tertiary/aromatic N) is 4. The van der Waals surface area contributed by atoms with Gasteiger partial charge in [-0.25, -0.2) is 4.98 Å². The number of nitrogens with one attached hydrogen (secondary N) is 1. The minimum Gasteiger partial charge on any atom is -0.493 e. The standard InChI is InChI=1S/C20H26N6O6/c1-30-11-4-3-10(7-12(11)31-2)5-6-22-20-24-17(21)14-18(25-20)26(9-23-14)19-16(29)15(28)13(8-27)32-19/h3-4,7,9,13,15-16,19,27-29H,5-6,8H2,1-2H3,(H3,21,22,24,25)/t13-,15-,16-,19-/m1/s1. The lowest BCUT2D eigenvalue weighted by atomic mass is 10.1. The molecule has 0 radical (unpaired) electrons. The Labute approximate surface area is 183 Å². The quantitative estimate of drug-likeness (QED) is 0.307. The second kappa shape index (κ2) is 9.12. The van der Waals surface area contributed by atoms with E-state index in [2.05, 4.69) is 20.3 Å². The number of nitrogen functional groups attached to an aromatic ring is 1. The SMILES string of the molecule is COc1ccc(CCNc2nc(N)c3ncn([C@@H]4O[C@H](CO)[C@@H](O)[C@H]4O)c3n2)cc1OC. The van der Waals surface area contributed by atoms with Crippen LogP contribution < -0.4 is 20.5 Å². The second-order valence-corrected chi connectivity index (χ2v) is 7.35. The highest BCUT2D eigenvalue weighted by Gasteiger charge is 2.44. The molecule has 0 amide bonds. The first kappa shape index (κ1) is 22.0. The van der Waals surface area contributed by atoms with Gasteiger partial charge in [-0.15, -0.1) is 0 Å². The molecule has 1 aliphatic rings. The fourth-order valence-corrected chi connectivity index (χ4v) is 3.67. The van der Waals surface area contributed by atoms with E-state index in [1.165, 1.54) is 10.9 Å². The van der Waals surface area contributed by atoms with Crippen LogP contribution in [0.25, 0.3) is 11.2 Å². The Bertz CT molecular complexity index is 1090. The number of benzene rings is 1. The zero-order valence-corrected chi connectivity index (χ0v) is 17.7. The molecule has 3 heterocycles. The van der Waals surface area contributed by atoms with E-state index < -0.39 is 31.1 Å². The van der Waals surface area contributed by atoms with Gasteiger partial charge in [0.1, 0.15) is 23.8 Å². The Balaban J connectivity index is 1.51. The van der Waals surface area contributed by atoms with Gasteiger partial charge in [0, 0.05) is 6.54 Å². The number of fused-ring (bicyclic) bond motifs is 1. The maximum Gasteiger partial charge on any atom is 0.226 e. The van der Waals surface area contributed by atoms with E-state index in [0.717, 1.165) is 5.56 Å². The van der Waals surface area contributed by atoms with E-state index in [9.17, 15) is 15.3 Å². The van der Waals surface area contributed by atoms with E-state index in [1.807, 2.05) is 18.2 Å². The predicted octanol–water partition coefficient (Wildman–Crippen LogP) is -0.308. The molecule has 0 spiro atoms. The van der Waals surface area contributed by atoms with Crippen molar-refractivity contribution in [3.63, 3.8) is 0 Å². The number of aromatic nitrogens is 4. The largest absolute Gasteiger partial charge is 0.493 e. The highest BCUT2D eigenvalue weighted by molar-refractivity contribution is 5.83. The van der Waals surface area contributed by atoms with Gasteiger partial charge in [0.25, 0.3) is 0 Å². The molecule has 32 heavy (non-hydrogen) atoms. The molecule has 12 heteroatoms. The minimum atomic E-state index is -1.26. The number of nitrogens with two attached hydrogens (primary N) is 1. The molecule has 1 saturated heterocycles. The molecule has 172 valence electrons. The molecule has 0 bridgehead atoms. The van der Waals surface area contributed by atoms with Crippen molar-refractivity contribution in [2.24, 2.45) is 0 Å². The van der Waals surface area contributed by atoms with Crippen LogP contribution in [0, 0.1) is 0 Å². The first-order chi connectivity index (χ1) is 15.5. The summed E-state index contributed by atoms with van der Waals surface area (Å²) >= 11 is 0. The Morgan fingerprint density at radius 2 is 1.94 bits per heavy atom. The van der Waals surface area contributed by atoms with E-state index in [-0.39, 0.29) is 11.8 Å². The molecule has 0 saturated carbocycles. The van der Waals surface area contributed by atoms with Crippen LogP contribution in [0.4, 0.5) is 11.8 Å². The second-order valence-electron chi connectivity index (χ2n) is 7.35. The Hall–Kier alpha value is -3.19. The number of aliphatic hydroxyl groups excluding tert-OH is 3. The molecule has 1 fully saturated rings. The number of rotatable bonds is 8. The van der Waals surface area contributed by atoms with Gasteiger partial charge < -0.3 is 40.6 Å². The lowest BCUT2D eigenvalue weighted by Crippen LogP contribution is -2.33. The molecule has 1 aromatic carbocycles. The first-order valence-electron chi connectivity index (χ1n) is 10.0. The first-order valence-corrected chi connectivity index (χ1v) is 10.0. The monoisotopic (exact) mass is 446 g/mol. The van der Waals surface area contributed by atoms with Crippen LogP contribution in [0.15, 0.2) is 24.5 Å². The summed E-state index contributed by atoms with van der Waals surface area (Å²) in [6, 6.07) is 5.68. The van der Waals surface area contributed by atoms with Gasteiger partial charge >= 0.3 is 0 Å². The molecular weight excluding hydrogens is 420 g/mol. The van der Waals surface area contributed by atoms with Gasteiger partial charge in [-0.2, -0.15) is 9.97 Å². The maximum absolute atomic E-state index is 10.3. The molecule has 6 N–H and O–H groups in total. The van der Waals surface area contributed by atoms with Crippen LogP contribution in [0.5, 0.6) is 11.5 Å². The summed E-state index contributed by atoms with van der Waals surface area (Å²) in [6.45, 7) is 0.0872. The summed E-state index contributed by atoms with van der Waals surface area (Å²) in [5.74, 6) is 1.75. The number of imidazole rings is 1. The summed E-state index contributed by atoms with van der Waals surface area (Å²) in [5.41, 5.74) is 7.75. The highest BCUT2D eigenvalue weighted by Crippen LogP contribution is 2.32. The number of anilines is 2. The van der Waals surface area contributed by atoms with Crippen molar-refractivity contribution in [1.29, 1.82) is 0 Å². The van der Waals surface area contributed by atoms with Crippen molar-refractivity contribution in [1.82, 2.24) is 19.5 Å². The Morgan fingerprint density at radius 3 is 2.62 bits per heavy atom. The van der Waals surface area contributed by atoms with Crippen LogP contribution >= 0.6 is 0 Å².